The first-order chi connectivity index (χ1) is 6.02. The predicted octanol–water partition coefficient (Wildman–Crippen LogP) is 3.17. The van der Waals surface area contributed by atoms with Crippen molar-refractivity contribution >= 4 is 5.97 Å². The molecule has 0 aromatic heterocycles. The van der Waals surface area contributed by atoms with Gasteiger partial charge in [-0.2, -0.15) is 0 Å². The van der Waals surface area contributed by atoms with Crippen LogP contribution in [0.1, 0.15) is 47.0 Å². The molecule has 0 rings (SSSR count). The van der Waals surface area contributed by atoms with E-state index in [1.165, 1.54) is 0 Å². The molecule has 13 heavy (non-hydrogen) atoms. The maximum Gasteiger partial charge on any atom is 0.306 e. The van der Waals surface area contributed by atoms with Crippen molar-refractivity contribution < 1.29 is 9.90 Å². The Bertz CT molecular complexity index is 150. The third-order valence-electron chi connectivity index (χ3n) is 3.10. The summed E-state index contributed by atoms with van der Waals surface area (Å²) in [5.41, 5.74) is 0. The summed E-state index contributed by atoms with van der Waals surface area (Å²) in [7, 11) is 0. The third kappa shape index (κ3) is 4.30. The third-order valence-corrected chi connectivity index (χ3v) is 3.10. The standard InChI is InChI=1S/C11H22O2/c1-5-10(6-2)7-8(3)9(4)11(12)13/h8-10H,5-7H2,1-4H3,(H,12,13). The molecule has 2 nitrogen and oxygen atoms in total. The van der Waals surface area contributed by atoms with Gasteiger partial charge in [0.05, 0.1) is 5.92 Å². The molecule has 0 aliphatic rings. The monoisotopic (exact) mass is 186 g/mol. The first-order valence-corrected chi connectivity index (χ1v) is 5.25. The lowest BCUT2D eigenvalue weighted by Gasteiger charge is -2.21. The van der Waals surface area contributed by atoms with Gasteiger partial charge in [0, 0.05) is 0 Å². The first-order valence-electron chi connectivity index (χ1n) is 5.25. The molecular formula is C11H22O2. The van der Waals surface area contributed by atoms with E-state index in [2.05, 4.69) is 13.8 Å². The molecule has 0 aromatic rings. The number of carboxylic acids is 1. The smallest absolute Gasteiger partial charge is 0.306 e. The molecule has 0 aliphatic heterocycles. The molecule has 2 heteroatoms. The Labute approximate surface area is 81.3 Å². The van der Waals surface area contributed by atoms with Crippen molar-refractivity contribution in [3.8, 4) is 0 Å². The average Bonchev–Trinajstić information content (AvgIpc) is 2.12. The zero-order chi connectivity index (χ0) is 10.4. The van der Waals surface area contributed by atoms with Crippen LogP contribution in [0.5, 0.6) is 0 Å². The predicted molar refractivity (Wildman–Crippen MR) is 54.7 cm³/mol. The Kier molecular flexibility index (Phi) is 5.76. The van der Waals surface area contributed by atoms with Crippen molar-refractivity contribution in [2.75, 3.05) is 0 Å². The van der Waals surface area contributed by atoms with Crippen LogP contribution in [0.15, 0.2) is 0 Å². The van der Waals surface area contributed by atoms with Gasteiger partial charge < -0.3 is 5.11 Å². The average molecular weight is 186 g/mol. The molecule has 0 spiro atoms. The second-order valence-corrected chi connectivity index (χ2v) is 4.02. The summed E-state index contributed by atoms with van der Waals surface area (Å²) in [5.74, 6) is 0.109. The van der Waals surface area contributed by atoms with Gasteiger partial charge in [-0.05, 0) is 18.3 Å². The molecule has 0 bridgehead atoms. The van der Waals surface area contributed by atoms with Gasteiger partial charge in [-0.1, -0.05) is 40.5 Å². The molecule has 0 heterocycles. The van der Waals surface area contributed by atoms with E-state index in [1.807, 2.05) is 6.92 Å². The summed E-state index contributed by atoms with van der Waals surface area (Å²) >= 11 is 0. The molecule has 0 amide bonds. The quantitative estimate of drug-likeness (QED) is 0.691. The molecule has 2 atom stereocenters. The molecule has 0 radical (unpaired) electrons. The second kappa shape index (κ2) is 6.01. The van der Waals surface area contributed by atoms with Crippen LogP contribution >= 0.6 is 0 Å². The van der Waals surface area contributed by atoms with Gasteiger partial charge in [0.1, 0.15) is 0 Å². The topological polar surface area (TPSA) is 37.3 Å². The highest BCUT2D eigenvalue weighted by atomic mass is 16.4. The molecule has 0 aliphatic carbocycles. The molecule has 0 aromatic carbocycles. The van der Waals surface area contributed by atoms with Crippen molar-refractivity contribution in [3.63, 3.8) is 0 Å². The number of carboxylic acid groups (broad SMARTS) is 1. The van der Waals surface area contributed by atoms with Crippen LogP contribution in [0.3, 0.4) is 0 Å². The van der Waals surface area contributed by atoms with Gasteiger partial charge in [0.25, 0.3) is 0 Å². The normalized spacial score (nSPS) is 15.8. The Morgan fingerprint density at radius 3 is 2.00 bits per heavy atom. The maximum atomic E-state index is 10.7. The van der Waals surface area contributed by atoms with Gasteiger partial charge in [-0.15, -0.1) is 0 Å². The van der Waals surface area contributed by atoms with E-state index in [4.69, 9.17) is 5.11 Å². The lowest BCUT2D eigenvalue weighted by Crippen LogP contribution is -2.20. The van der Waals surface area contributed by atoms with Crippen LogP contribution < -0.4 is 0 Å². The summed E-state index contributed by atoms with van der Waals surface area (Å²) < 4.78 is 0. The zero-order valence-corrected chi connectivity index (χ0v) is 9.21. The number of carbonyl (C=O) groups is 1. The summed E-state index contributed by atoms with van der Waals surface area (Å²) in [6.07, 6.45) is 3.36. The molecular weight excluding hydrogens is 164 g/mol. The van der Waals surface area contributed by atoms with E-state index < -0.39 is 5.97 Å². The van der Waals surface area contributed by atoms with Crippen molar-refractivity contribution in [3.05, 3.63) is 0 Å². The lowest BCUT2D eigenvalue weighted by atomic mass is 9.85. The number of rotatable bonds is 6. The first kappa shape index (κ1) is 12.5. The Morgan fingerprint density at radius 2 is 1.69 bits per heavy atom. The van der Waals surface area contributed by atoms with Crippen LogP contribution in [-0.2, 0) is 4.79 Å². The fourth-order valence-electron chi connectivity index (χ4n) is 1.60. The molecule has 0 fully saturated rings. The second-order valence-electron chi connectivity index (χ2n) is 4.02. The molecule has 0 saturated carbocycles. The van der Waals surface area contributed by atoms with Crippen LogP contribution in [0.25, 0.3) is 0 Å². The van der Waals surface area contributed by atoms with E-state index in [0.29, 0.717) is 11.8 Å². The number of hydrogen-bond acceptors (Lipinski definition) is 1. The van der Waals surface area contributed by atoms with E-state index in [0.717, 1.165) is 19.3 Å². The zero-order valence-electron chi connectivity index (χ0n) is 9.21. The molecule has 78 valence electrons. The van der Waals surface area contributed by atoms with Crippen molar-refractivity contribution in [1.82, 2.24) is 0 Å². The van der Waals surface area contributed by atoms with Gasteiger partial charge >= 0.3 is 5.97 Å². The lowest BCUT2D eigenvalue weighted by molar-refractivity contribution is -0.142. The molecule has 2 unspecified atom stereocenters. The van der Waals surface area contributed by atoms with E-state index >= 15 is 0 Å². The minimum absolute atomic E-state index is 0.208. The highest BCUT2D eigenvalue weighted by Gasteiger charge is 2.21. The molecule has 0 saturated heterocycles. The largest absolute Gasteiger partial charge is 0.481 e. The fourth-order valence-corrected chi connectivity index (χ4v) is 1.60. The number of hydrogen-bond donors (Lipinski definition) is 1. The Morgan fingerprint density at radius 1 is 1.23 bits per heavy atom. The van der Waals surface area contributed by atoms with Crippen LogP contribution in [0, 0.1) is 17.8 Å². The van der Waals surface area contributed by atoms with Crippen LogP contribution in [0.2, 0.25) is 0 Å². The van der Waals surface area contributed by atoms with Gasteiger partial charge in [-0.3, -0.25) is 4.79 Å². The highest BCUT2D eigenvalue weighted by Crippen LogP contribution is 2.24. The Balaban J connectivity index is 3.97. The fraction of sp³-hybridized carbons (Fsp3) is 0.909. The molecule has 1 N–H and O–H groups in total. The summed E-state index contributed by atoms with van der Waals surface area (Å²) in [6, 6.07) is 0. The number of aliphatic carboxylic acids is 1. The van der Waals surface area contributed by atoms with Crippen LogP contribution in [0.4, 0.5) is 0 Å². The summed E-state index contributed by atoms with van der Waals surface area (Å²) in [6.45, 7) is 8.19. The van der Waals surface area contributed by atoms with Crippen molar-refractivity contribution in [2.45, 2.75) is 47.0 Å². The van der Waals surface area contributed by atoms with E-state index in [9.17, 15) is 4.79 Å². The van der Waals surface area contributed by atoms with E-state index in [-0.39, 0.29) is 5.92 Å². The van der Waals surface area contributed by atoms with Gasteiger partial charge in [0.15, 0.2) is 0 Å². The summed E-state index contributed by atoms with van der Waals surface area (Å²) in [4.78, 5) is 10.7. The SMILES string of the molecule is CCC(CC)CC(C)C(C)C(=O)O. The Hall–Kier alpha value is -0.530. The van der Waals surface area contributed by atoms with Crippen molar-refractivity contribution in [2.24, 2.45) is 17.8 Å². The maximum absolute atomic E-state index is 10.7. The minimum Gasteiger partial charge on any atom is -0.481 e. The van der Waals surface area contributed by atoms with E-state index in [1.54, 1.807) is 6.92 Å². The van der Waals surface area contributed by atoms with Gasteiger partial charge in [0.2, 0.25) is 0 Å². The highest BCUT2D eigenvalue weighted by molar-refractivity contribution is 5.69. The van der Waals surface area contributed by atoms with Crippen LogP contribution in [-0.4, -0.2) is 11.1 Å². The summed E-state index contributed by atoms with van der Waals surface area (Å²) in [5, 5.41) is 8.81. The minimum atomic E-state index is -0.668. The van der Waals surface area contributed by atoms with Gasteiger partial charge in [-0.25, -0.2) is 0 Å². The van der Waals surface area contributed by atoms with Crippen molar-refractivity contribution in [1.29, 1.82) is 0 Å².